The number of rotatable bonds is 2. The van der Waals surface area contributed by atoms with Gasteiger partial charge in [0.05, 0.1) is 17.8 Å². The molecule has 0 atom stereocenters. The molecule has 1 aromatic carbocycles. The number of aryl methyl sites for hydroxylation is 1. The van der Waals surface area contributed by atoms with Crippen LogP contribution >= 0.6 is 0 Å². The molecule has 0 aliphatic heterocycles. The molecule has 0 unspecified atom stereocenters. The molecule has 0 bridgehead atoms. The van der Waals surface area contributed by atoms with Crippen LogP contribution in [-0.4, -0.2) is 21.5 Å². The predicted octanol–water partition coefficient (Wildman–Crippen LogP) is 2.34. The van der Waals surface area contributed by atoms with E-state index >= 15 is 0 Å². The minimum absolute atomic E-state index is 0.277. The van der Waals surface area contributed by atoms with Crippen molar-refractivity contribution in [2.75, 3.05) is 6.61 Å². The Morgan fingerprint density at radius 3 is 2.65 bits per heavy atom. The lowest BCUT2D eigenvalue weighted by atomic mass is 10.1. The summed E-state index contributed by atoms with van der Waals surface area (Å²) in [6.07, 6.45) is 0. The van der Waals surface area contributed by atoms with E-state index in [2.05, 4.69) is 16.9 Å². The van der Waals surface area contributed by atoms with E-state index in [0.29, 0.717) is 12.1 Å². The van der Waals surface area contributed by atoms with Crippen molar-refractivity contribution in [1.82, 2.24) is 9.78 Å². The van der Waals surface area contributed by atoms with Gasteiger partial charge in [-0.05, 0) is 44.0 Å². The van der Waals surface area contributed by atoms with Gasteiger partial charge in [0.1, 0.15) is 12.4 Å². The lowest BCUT2D eigenvalue weighted by Gasteiger charge is -2.06. The molecule has 104 valence electrons. The predicted molar refractivity (Wildman–Crippen MR) is 75.9 cm³/mol. The number of halogens is 1. The topological polar surface area (TPSA) is 38.0 Å². The van der Waals surface area contributed by atoms with E-state index in [1.807, 2.05) is 25.5 Å². The third kappa shape index (κ3) is 2.89. The third-order valence-corrected chi connectivity index (χ3v) is 3.41. The van der Waals surface area contributed by atoms with Gasteiger partial charge < -0.3 is 5.11 Å². The van der Waals surface area contributed by atoms with Crippen LogP contribution in [0.4, 0.5) is 4.39 Å². The van der Waals surface area contributed by atoms with E-state index in [1.165, 1.54) is 11.6 Å². The number of aromatic nitrogens is 2. The number of aliphatic hydroxyl groups excluding tert-OH is 1. The molecular weight excluding hydrogens is 255 g/mol. The van der Waals surface area contributed by atoms with Crippen LogP contribution < -0.4 is 0 Å². The molecule has 1 N–H and O–H groups in total. The van der Waals surface area contributed by atoms with Gasteiger partial charge in [0, 0.05) is 5.69 Å². The normalized spacial score (nSPS) is 10.2. The molecule has 1 heterocycles. The van der Waals surface area contributed by atoms with Crippen LogP contribution in [0, 0.1) is 38.4 Å². The lowest BCUT2D eigenvalue weighted by molar-refractivity contribution is 0.350. The van der Waals surface area contributed by atoms with Crippen molar-refractivity contribution >= 4 is 0 Å². The summed E-state index contributed by atoms with van der Waals surface area (Å²) in [6.45, 7) is 6.33. The van der Waals surface area contributed by atoms with Crippen molar-refractivity contribution < 1.29 is 9.50 Å². The van der Waals surface area contributed by atoms with E-state index in [0.717, 1.165) is 17.0 Å². The van der Waals surface area contributed by atoms with Crippen LogP contribution in [0.15, 0.2) is 18.2 Å². The van der Waals surface area contributed by atoms with Crippen LogP contribution in [0.5, 0.6) is 0 Å². The van der Waals surface area contributed by atoms with Crippen molar-refractivity contribution in [2.24, 2.45) is 0 Å². The molecule has 0 spiro atoms. The first-order valence-electron chi connectivity index (χ1n) is 6.41. The van der Waals surface area contributed by atoms with Crippen molar-refractivity contribution in [3.63, 3.8) is 0 Å². The van der Waals surface area contributed by atoms with Crippen LogP contribution in [0.2, 0.25) is 0 Å². The largest absolute Gasteiger partial charge is 0.384 e. The second-order valence-electron chi connectivity index (χ2n) is 4.73. The molecular formula is C16H17FN2O. The molecule has 0 amide bonds. The molecule has 0 fully saturated rings. The summed E-state index contributed by atoms with van der Waals surface area (Å²) in [5, 5.41) is 13.1. The Bertz CT molecular complexity index is 692. The fourth-order valence-corrected chi connectivity index (χ4v) is 2.01. The Hall–Kier alpha value is -2.12. The highest BCUT2D eigenvalue weighted by Crippen LogP contribution is 2.15. The highest BCUT2D eigenvalue weighted by molar-refractivity contribution is 5.38. The maximum Gasteiger partial charge on any atom is 0.138 e. The first-order chi connectivity index (χ1) is 9.52. The van der Waals surface area contributed by atoms with Crippen molar-refractivity contribution in [3.8, 4) is 11.8 Å². The van der Waals surface area contributed by atoms with E-state index in [4.69, 9.17) is 5.11 Å². The van der Waals surface area contributed by atoms with Gasteiger partial charge in [-0.1, -0.05) is 17.9 Å². The van der Waals surface area contributed by atoms with Gasteiger partial charge in [-0.2, -0.15) is 5.10 Å². The van der Waals surface area contributed by atoms with Crippen molar-refractivity contribution in [1.29, 1.82) is 0 Å². The van der Waals surface area contributed by atoms with Crippen LogP contribution in [0.3, 0.4) is 0 Å². The van der Waals surface area contributed by atoms with Crippen LogP contribution in [0.1, 0.15) is 28.1 Å². The summed E-state index contributed by atoms with van der Waals surface area (Å²) in [6, 6.07) is 4.82. The highest BCUT2D eigenvalue weighted by Gasteiger charge is 2.08. The maximum absolute atomic E-state index is 13.6. The Morgan fingerprint density at radius 1 is 1.30 bits per heavy atom. The van der Waals surface area contributed by atoms with E-state index < -0.39 is 0 Å². The zero-order chi connectivity index (χ0) is 14.7. The Labute approximate surface area is 118 Å². The first-order valence-corrected chi connectivity index (χ1v) is 6.41. The van der Waals surface area contributed by atoms with Gasteiger partial charge in [0.25, 0.3) is 0 Å². The smallest absolute Gasteiger partial charge is 0.138 e. The van der Waals surface area contributed by atoms with Crippen LogP contribution in [-0.2, 0) is 6.54 Å². The second kappa shape index (κ2) is 5.89. The summed E-state index contributed by atoms with van der Waals surface area (Å²) >= 11 is 0. The molecule has 2 aromatic rings. The summed E-state index contributed by atoms with van der Waals surface area (Å²) in [4.78, 5) is 0. The highest BCUT2D eigenvalue weighted by atomic mass is 19.1. The minimum atomic E-state index is -0.376. The fraction of sp³-hybridized carbons (Fsp3) is 0.312. The molecule has 4 heteroatoms. The monoisotopic (exact) mass is 272 g/mol. The van der Waals surface area contributed by atoms with Crippen molar-refractivity contribution in [2.45, 2.75) is 27.3 Å². The fourth-order valence-electron chi connectivity index (χ4n) is 2.01. The molecule has 1 aromatic heterocycles. The van der Waals surface area contributed by atoms with Crippen LogP contribution in [0.25, 0.3) is 0 Å². The molecule has 2 rings (SSSR count). The third-order valence-electron chi connectivity index (χ3n) is 3.41. The zero-order valence-corrected chi connectivity index (χ0v) is 11.9. The molecule has 0 saturated heterocycles. The van der Waals surface area contributed by atoms with Gasteiger partial charge >= 0.3 is 0 Å². The van der Waals surface area contributed by atoms with E-state index in [9.17, 15) is 4.39 Å². The second-order valence-corrected chi connectivity index (χ2v) is 4.73. The van der Waals surface area contributed by atoms with Crippen molar-refractivity contribution in [3.05, 3.63) is 52.1 Å². The minimum Gasteiger partial charge on any atom is -0.384 e. The number of benzene rings is 1. The number of nitrogens with zero attached hydrogens (tertiary/aromatic N) is 2. The number of aliphatic hydroxyl groups is 1. The first kappa shape index (κ1) is 14.3. The van der Waals surface area contributed by atoms with Gasteiger partial charge in [-0.3, -0.25) is 4.68 Å². The van der Waals surface area contributed by atoms with Gasteiger partial charge in [-0.15, -0.1) is 0 Å². The summed E-state index contributed by atoms with van der Waals surface area (Å²) in [5.41, 5.74) is 4.51. The van der Waals surface area contributed by atoms with Gasteiger partial charge in [-0.25, -0.2) is 4.39 Å². The molecule has 0 saturated carbocycles. The summed E-state index contributed by atoms with van der Waals surface area (Å²) in [5.74, 6) is 4.70. The molecule has 0 radical (unpaired) electrons. The number of hydrogen-bond acceptors (Lipinski definition) is 2. The van der Waals surface area contributed by atoms with Gasteiger partial charge in [0.2, 0.25) is 0 Å². The molecule has 20 heavy (non-hydrogen) atoms. The average molecular weight is 272 g/mol. The molecule has 0 aliphatic rings. The molecule has 0 aliphatic carbocycles. The average Bonchev–Trinajstić information content (AvgIpc) is 2.67. The maximum atomic E-state index is 13.6. The lowest BCUT2D eigenvalue weighted by Crippen LogP contribution is -2.04. The zero-order valence-electron chi connectivity index (χ0n) is 11.9. The van der Waals surface area contributed by atoms with E-state index in [-0.39, 0.29) is 12.4 Å². The molecule has 3 nitrogen and oxygen atoms in total. The van der Waals surface area contributed by atoms with E-state index in [1.54, 1.807) is 12.1 Å². The van der Waals surface area contributed by atoms with Gasteiger partial charge in [0.15, 0.2) is 0 Å². The summed E-state index contributed by atoms with van der Waals surface area (Å²) < 4.78 is 15.5. The Morgan fingerprint density at radius 2 is 2.05 bits per heavy atom. The quantitative estimate of drug-likeness (QED) is 0.852. The number of hydrogen-bond donors (Lipinski definition) is 1. The Balaban J connectivity index is 2.32. The SMILES string of the molecule is Cc1nn(Cc2ccc(F)c(C#CCO)c2)c(C)c1C. The summed E-state index contributed by atoms with van der Waals surface area (Å²) in [7, 11) is 0. The Kier molecular flexibility index (Phi) is 4.21. The standard InChI is InChI=1S/C16H17FN2O/c1-11-12(2)18-19(13(11)3)10-14-6-7-16(17)15(9-14)5-4-8-20/h6-7,9,20H,8,10H2,1-3H3.